The van der Waals surface area contributed by atoms with Crippen molar-refractivity contribution in [3.05, 3.63) is 24.2 Å². The Morgan fingerprint density at radius 2 is 2.19 bits per heavy atom. The molecule has 6 nitrogen and oxygen atoms in total. The number of hydrogen-bond acceptors (Lipinski definition) is 3. The number of amides is 2. The van der Waals surface area contributed by atoms with Gasteiger partial charge in [0.2, 0.25) is 0 Å². The molecule has 0 saturated heterocycles. The van der Waals surface area contributed by atoms with E-state index >= 15 is 0 Å². The SMILES string of the molecule is CCN(Cc1ccco1)C(=O)NC1CCCCC1C(=O)O. The predicted octanol–water partition coefficient (Wildman–Crippen LogP) is 2.45. The van der Waals surface area contributed by atoms with Crippen molar-refractivity contribution in [1.82, 2.24) is 10.2 Å². The summed E-state index contributed by atoms with van der Waals surface area (Å²) in [4.78, 5) is 25.2. The molecule has 0 spiro atoms. The van der Waals surface area contributed by atoms with E-state index in [1.54, 1.807) is 17.2 Å². The molecular formula is C15H22N2O4. The first kappa shape index (κ1) is 15.4. The van der Waals surface area contributed by atoms with Gasteiger partial charge < -0.3 is 19.7 Å². The lowest BCUT2D eigenvalue weighted by atomic mass is 9.84. The molecule has 0 radical (unpaired) electrons. The molecule has 2 atom stereocenters. The predicted molar refractivity (Wildman–Crippen MR) is 76.7 cm³/mol. The summed E-state index contributed by atoms with van der Waals surface area (Å²) in [5.41, 5.74) is 0. The topological polar surface area (TPSA) is 82.8 Å². The monoisotopic (exact) mass is 294 g/mol. The maximum Gasteiger partial charge on any atom is 0.318 e. The third-order valence-electron chi connectivity index (χ3n) is 3.99. The Kier molecular flexibility index (Phi) is 5.25. The van der Waals surface area contributed by atoms with Gasteiger partial charge in [-0.25, -0.2) is 4.79 Å². The summed E-state index contributed by atoms with van der Waals surface area (Å²) < 4.78 is 5.25. The zero-order valence-corrected chi connectivity index (χ0v) is 12.2. The number of urea groups is 1. The van der Waals surface area contributed by atoms with Gasteiger partial charge in [-0.2, -0.15) is 0 Å². The number of carbonyl (C=O) groups is 2. The Bertz CT molecular complexity index is 472. The summed E-state index contributed by atoms with van der Waals surface area (Å²) in [6.07, 6.45) is 4.79. The van der Waals surface area contributed by atoms with E-state index in [1.165, 1.54) is 0 Å². The summed E-state index contributed by atoms with van der Waals surface area (Å²) in [6.45, 7) is 2.81. The van der Waals surface area contributed by atoms with Crippen molar-refractivity contribution < 1.29 is 19.1 Å². The van der Waals surface area contributed by atoms with Crippen molar-refractivity contribution in [1.29, 1.82) is 0 Å². The molecule has 0 aromatic carbocycles. The molecule has 116 valence electrons. The number of carboxylic acids is 1. The molecule has 1 aliphatic carbocycles. The smallest absolute Gasteiger partial charge is 0.318 e. The van der Waals surface area contributed by atoms with Crippen LogP contribution in [0.15, 0.2) is 22.8 Å². The number of aliphatic carboxylic acids is 1. The number of rotatable bonds is 5. The molecule has 21 heavy (non-hydrogen) atoms. The maximum absolute atomic E-state index is 12.3. The van der Waals surface area contributed by atoms with Crippen molar-refractivity contribution >= 4 is 12.0 Å². The molecule has 0 aliphatic heterocycles. The molecule has 2 amide bonds. The summed E-state index contributed by atoms with van der Waals surface area (Å²) in [7, 11) is 0. The van der Waals surface area contributed by atoms with Crippen molar-refractivity contribution in [2.24, 2.45) is 5.92 Å². The van der Waals surface area contributed by atoms with E-state index in [4.69, 9.17) is 4.42 Å². The van der Waals surface area contributed by atoms with Crippen LogP contribution >= 0.6 is 0 Å². The first-order valence-corrected chi connectivity index (χ1v) is 7.42. The number of carbonyl (C=O) groups excluding carboxylic acids is 1. The fraction of sp³-hybridized carbons (Fsp3) is 0.600. The molecule has 2 unspecified atom stereocenters. The van der Waals surface area contributed by atoms with Crippen LogP contribution in [0.4, 0.5) is 4.79 Å². The van der Waals surface area contributed by atoms with Gasteiger partial charge in [0.15, 0.2) is 0 Å². The van der Waals surface area contributed by atoms with Crippen LogP contribution < -0.4 is 5.32 Å². The van der Waals surface area contributed by atoms with Crippen molar-refractivity contribution in [3.63, 3.8) is 0 Å². The lowest BCUT2D eigenvalue weighted by molar-refractivity contribution is -0.143. The zero-order valence-electron chi connectivity index (χ0n) is 12.2. The van der Waals surface area contributed by atoms with Crippen molar-refractivity contribution in [3.8, 4) is 0 Å². The Morgan fingerprint density at radius 3 is 2.81 bits per heavy atom. The van der Waals surface area contributed by atoms with E-state index in [2.05, 4.69) is 5.32 Å². The molecule has 2 N–H and O–H groups in total. The largest absolute Gasteiger partial charge is 0.481 e. The van der Waals surface area contributed by atoms with Crippen molar-refractivity contribution in [2.45, 2.75) is 45.2 Å². The van der Waals surface area contributed by atoms with Crippen LogP contribution in [0.25, 0.3) is 0 Å². The maximum atomic E-state index is 12.3. The third-order valence-corrected chi connectivity index (χ3v) is 3.99. The number of hydrogen-bond donors (Lipinski definition) is 2. The average Bonchev–Trinajstić information content (AvgIpc) is 2.98. The highest BCUT2D eigenvalue weighted by molar-refractivity contribution is 5.77. The highest BCUT2D eigenvalue weighted by Gasteiger charge is 2.32. The second-order valence-corrected chi connectivity index (χ2v) is 5.38. The molecule has 1 heterocycles. The van der Waals surface area contributed by atoms with E-state index in [1.807, 2.05) is 13.0 Å². The quantitative estimate of drug-likeness (QED) is 0.874. The average molecular weight is 294 g/mol. The minimum atomic E-state index is -0.825. The van der Waals surface area contributed by atoms with Gasteiger partial charge in [0.1, 0.15) is 5.76 Å². The minimum Gasteiger partial charge on any atom is -0.481 e. The van der Waals surface area contributed by atoms with Crippen LogP contribution in [-0.2, 0) is 11.3 Å². The number of nitrogens with one attached hydrogen (secondary N) is 1. The lowest BCUT2D eigenvalue weighted by Gasteiger charge is -2.31. The number of furan rings is 1. The summed E-state index contributed by atoms with van der Waals surface area (Å²) >= 11 is 0. The molecule has 6 heteroatoms. The molecule has 1 aromatic rings. The van der Waals surface area contributed by atoms with Gasteiger partial charge in [0, 0.05) is 12.6 Å². The van der Waals surface area contributed by atoms with Crippen LogP contribution in [-0.4, -0.2) is 34.6 Å². The second kappa shape index (κ2) is 7.15. The Morgan fingerprint density at radius 1 is 1.43 bits per heavy atom. The van der Waals surface area contributed by atoms with Crippen LogP contribution in [0.3, 0.4) is 0 Å². The zero-order chi connectivity index (χ0) is 15.2. The van der Waals surface area contributed by atoms with E-state index < -0.39 is 11.9 Å². The summed E-state index contributed by atoms with van der Waals surface area (Å²) in [6, 6.07) is 3.08. The van der Waals surface area contributed by atoms with Crippen LogP contribution in [0.1, 0.15) is 38.4 Å². The Hall–Kier alpha value is -1.98. The molecule has 1 saturated carbocycles. The number of nitrogens with zero attached hydrogens (tertiary/aromatic N) is 1. The molecule has 1 fully saturated rings. The third kappa shape index (κ3) is 4.00. The first-order chi connectivity index (χ1) is 10.1. The molecule has 1 aliphatic rings. The number of carboxylic acid groups (broad SMARTS) is 1. The highest BCUT2D eigenvalue weighted by Crippen LogP contribution is 2.25. The first-order valence-electron chi connectivity index (χ1n) is 7.42. The van der Waals surface area contributed by atoms with Crippen LogP contribution in [0.2, 0.25) is 0 Å². The summed E-state index contributed by atoms with van der Waals surface area (Å²) in [5.74, 6) is -0.593. The van der Waals surface area contributed by atoms with Crippen molar-refractivity contribution in [2.75, 3.05) is 6.54 Å². The van der Waals surface area contributed by atoms with Gasteiger partial charge in [0.25, 0.3) is 0 Å². The molecule has 0 bridgehead atoms. The summed E-state index contributed by atoms with van der Waals surface area (Å²) in [5, 5.41) is 12.1. The van der Waals surface area contributed by atoms with Gasteiger partial charge >= 0.3 is 12.0 Å². The van der Waals surface area contributed by atoms with Gasteiger partial charge in [0.05, 0.1) is 18.7 Å². The Labute approximate surface area is 124 Å². The fourth-order valence-corrected chi connectivity index (χ4v) is 2.77. The normalized spacial score (nSPS) is 21.8. The van der Waals surface area contributed by atoms with Gasteiger partial charge in [-0.05, 0) is 31.9 Å². The van der Waals surface area contributed by atoms with E-state index in [9.17, 15) is 14.7 Å². The van der Waals surface area contributed by atoms with Crippen LogP contribution in [0.5, 0.6) is 0 Å². The standard InChI is InChI=1S/C15H22N2O4/c1-2-17(10-11-6-5-9-21-11)15(20)16-13-8-4-3-7-12(13)14(18)19/h5-6,9,12-13H,2-4,7-8,10H2,1H3,(H,16,20)(H,18,19). The Balaban J connectivity index is 1.95. The van der Waals surface area contributed by atoms with E-state index in [0.717, 1.165) is 19.3 Å². The fourth-order valence-electron chi connectivity index (χ4n) is 2.77. The second-order valence-electron chi connectivity index (χ2n) is 5.38. The minimum absolute atomic E-state index is 0.230. The van der Waals surface area contributed by atoms with E-state index in [-0.39, 0.29) is 12.1 Å². The van der Waals surface area contributed by atoms with E-state index in [0.29, 0.717) is 25.3 Å². The van der Waals surface area contributed by atoms with Gasteiger partial charge in [-0.15, -0.1) is 0 Å². The highest BCUT2D eigenvalue weighted by atomic mass is 16.4. The van der Waals surface area contributed by atoms with Gasteiger partial charge in [-0.3, -0.25) is 4.79 Å². The van der Waals surface area contributed by atoms with Crippen LogP contribution in [0, 0.1) is 5.92 Å². The molecule has 2 rings (SSSR count). The molecule has 1 aromatic heterocycles. The molecular weight excluding hydrogens is 272 g/mol. The van der Waals surface area contributed by atoms with Gasteiger partial charge in [-0.1, -0.05) is 12.8 Å². The lowest BCUT2D eigenvalue weighted by Crippen LogP contribution is -2.50.